The van der Waals surface area contributed by atoms with Gasteiger partial charge in [0.2, 0.25) is 15.7 Å². The predicted molar refractivity (Wildman–Crippen MR) is 95.9 cm³/mol. The van der Waals surface area contributed by atoms with Crippen LogP contribution in [-0.4, -0.2) is 54.1 Å². The van der Waals surface area contributed by atoms with Crippen molar-refractivity contribution < 1.29 is 31.1 Å². The zero-order chi connectivity index (χ0) is 21.2. The van der Waals surface area contributed by atoms with E-state index in [0.717, 1.165) is 6.07 Å². The van der Waals surface area contributed by atoms with Gasteiger partial charge in [-0.3, -0.25) is 4.79 Å². The second-order valence-corrected chi connectivity index (χ2v) is 8.26. The van der Waals surface area contributed by atoms with Gasteiger partial charge in [-0.2, -0.15) is 18.2 Å². The molecule has 11 heteroatoms. The largest absolute Gasteiger partial charge is 0.470 e. The SMILES string of the molecule is CCc1ncnc(OC2CCN(C(=O)c3ccccc3S(=O)(=O)C(F)F)C2)c1F. The number of nitrogens with zero attached hydrogens (tertiary/aromatic N) is 3. The van der Waals surface area contributed by atoms with Crippen molar-refractivity contribution in [3.8, 4) is 5.88 Å². The van der Waals surface area contributed by atoms with Gasteiger partial charge >= 0.3 is 5.76 Å². The summed E-state index contributed by atoms with van der Waals surface area (Å²) in [4.78, 5) is 20.9. The van der Waals surface area contributed by atoms with E-state index in [1.807, 2.05) is 0 Å². The topological polar surface area (TPSA) is 89.5 Å². The molecule has 0 bridgehead atoms. The molecule has 0 saturated carbocycles. The van der Waals surface area contributed by atoms with E-state index in [-0.39, 0.29) is 30.2 Å². The highest BCUT2D eigenvalue weighted by molar-refractivity contribution is 7.91. The van der Waals surface area contributed by atoms with E-state index in [0.29, 0.717) is 12.8 Å². The Morgan fingerprint density at radius 3 is 2.72 bits per heavy atom. The summed E-state index contributed by atoms with van der Waals surface area (Å²) in [5, 5.41) is 0. The molecule has 1 aliphatic rings. The molecule has 29 heavy (non-hydrogen) atoms. The summed E-state index contributed by atoms with van der Waals surface area (Å²) < 4.78 is 69.4. The van der Waals surface area contributed by atoms with Crippen LogP contribution < -0.4 is 4.74 Å². The van der Waals surface area contributed by atoms with Gasteiger partial charge < -0.3 is 9.64 Å². The highest BCUT2D eigenvalue weighted by Gasteiger charge is 2.35. The van der Waals surface area contributed by atoms with Gasteiger partial charge in [0.25, 0.3) is 11.8 Å². The lowest BCUT2D eigenvalue weighted by molar-refractivity contribution is 0.0766. The van der Waals surface area contributed by atoms with Crippen LogP contribution in [0.5, 0.6) is 5.88 Å². The van der Waals surface area contributed by atoms with E-state index >= 15 is 0 Å². The van der Waals surface area contributed by atoms with Crippen LogP contribution in [0, 0.1) is 5.82 Å². The molecule has 7 nitrogen and oxygen atoms in total. The fourth-order valence-corrected chi connectivity index (χ4v) is 3.96. The average molecular weight is 429 g/mol. The van der Waals surface area contributed by atoms with Gasteiger partial charge in [-0.05, 0) is 18.6 Å². The second-order valence-electron chi connectivity index (χ2n) is 6.37. The molecule has 1 amide bonds. The summed E-state index contributed by atoms with van der Waals surface area (Å²) in [6.07, 6.45) is 1.31. The molecule has 0 spiro atoms. The lowest BCUT2D eigenvalue weighted by Crippen LogP contribution is -2.32. The molecule has 1 fully saturated rings. The van der Waals surface area contributed by atoms with Crippen LogP contribution in [0.4, 0.5) is 13.2 Å². The Hall–Kier alpha value is -2.69. The standard InChI is InChI=1S/C18H18F3N3O4S/c1-2-13-15(19)16(23-10-22-13)28-11-7-8-24(9-11)17(25)12-5-3-4-6-14(12)29(26,27)18(20)21/h3-6,10-11,18H,2,7-9H2,1H3. The Labute approximate surface area is 165 Å². The first-order valence-electron chi connectivity index (χ1n) is 8.82. The van der Waals surface area contributed by atoms with Gasteiger partial charge in [-0.1, -0.05) is 19.1 Å². The van der Waals surface area contributed by atoms with Crippen LogP contribution in [0.1, 0.15) is 29.4 Å². The number of halogens is 3. The quantitative estimate of drug-likeness (QED) is 0.701. The monoisotopic (exact) mass is 429 g/mol. The van der Waals surface area contributed by atoms with E-state index in [1.54, 1.807) is 6.92 Å². The minimum absolute atomic E-state index is 0.0345. The van der Waals surface area contributed by atoms with E-state index in [4.69, 9.17) is 4.74 Å². The molecule has 156 valence electrons. The summed E-state index contributed by atoms with van der Waals surface area (Å²) in [6, 6.07) is 4.82. The number of carbonyl (C=O) groups is 1. The number of hydrogen-bond donors (Lipinski definition) is 0. The summed E-state index contributed by atoms with van der Waals surface area (Å²) in [7, 11) is -4.94. The third kappa shape index (κ3) is 4.19. The summed E-state index contributed by atoms with van der Waals surface area (Å²) >= 11 is 0. The minimum atomic E-state index is -4.94. The summed E-state index contributed by atoms with van der Waals surface area (Å²) in [5.41, 5.74) is -0.137. The van der Waals surface area contributed by atoms with Crippen LogP contribution in [0.2, 0.25) is 0 Å². The molecule has 3 rings (SSSR count). The second kappa shape index (κ2) is 8.36. The maximum atomic E-state index is 14.2. The first kappa shape index (κ1) is 21.0. The van der Waals surface area contributed by atoms with Gasteiger partial charge in [0, 0.05) is 13.0 Å². The third-order valence-corrected chi connectivity index (χ3v) is 5.97. The molecule has 1 atom stereocenters. The summed E-state index contributed by atoms with van der Waals surface area (Å²) in [5.74, 6) is -5.25. The number of aryl methyl sites for hydroxylation is 1. The number of aromatic nitrogens is 2. The number of hydrogen-bond acceptors (Lipinski definition) is 6. The van der Waals surface area contributed by atoms with Crippen molar-refractivity contribution in [3.63, 3.8) is 0 Å². The van der Waals surface area contributed by atoms with Gasteiger partial charge in [0.05, 0.1) is 22.7 Å². The Bertz CT molecular complexity index is 1020. The first-order chi connectivity index (χ1) is 13.8. The van der Waals surface area contributed by atoms with Crippen molar-refractivity contribution in [2.45, 2.75) is 36.5 Å². The van der Waals surface area contributed by atoms with Crippen LogP contribution in [-0.2, 0) is 16.3 Å². The molecule has 0 radical (unpaired) electrons. The van der Waals surface area contributed by atoms with Crippen LogP contribution in [0.15, 0.2) is 35.5 Å². The number of likely N-dealkylation sites (tertiary alicyclic amines) is 1. The molecular weight excluding hydrogens is 411 g/mol. The third-order valence-electron chi connectivity index (χ3n) is 4.53. The lowest BCUT2D eigenvalue weighted by Gasteiger charge is -2.19. The molecule has 2 heterocycles. The molecule has 1 saturated heterocycles. The number of benzene rings is 1. The van der Waals surface area contributed by atoms with Crippen molar-refractivity contribution >= 4 is 15.7 Å². The molecule has 1 aromatic carbocycles. The zero-order valence-electron chi connectivity index (χ0n) is 15.4. The van der Waals surface area contributed by atoms with E-state index < -0.39 is 38.3 Å². The zero-order valence-corrected chi connectivity index (χ0v) is 16.2. The van der Waals surface area contributed by atoms with E-state index in [9.17, 15) is 26.4 Å². The number of alkyl halides is 2. The van der Waals surface area contributed by atoms with Crippen LogP contribution >= 0.6 is 0 Å². The smallest absolute Gasteiger partial charge is 0.341 e. The molecule has 1 aliphatic heterocycles. The Morgan fingerprint density at radius 1 is 1.31 bits per heavy atom. The van der Waals surface area contributed by atoms with Crippen molar-refractivity contribution in [1.82, 2.24) is 14.9 Å². The number of amides is 1. The summed E-state index contributed by atoms with van der Waals surface area (Å²) in [6.45, 7) is 1.96. The molecular formula is C18H18F3N3O4S. The van der Waals surface area contributed by atoms with Crippen molar-refractivity contribution in [2.24, 2.45) is 0 Å². The van der Waals surface area contributed by atoms with Crippen molar-refractivity contribution in [2.75, 3.05) is 13.1 Å². The highest BCUT2D eigenvalue weighted by Crippen LogP contribution is 2.26. The number of ether oxygens (including phenoxy) is 1. The van der Waals surface area contributed by atoms with E-state index in [2.05, 4.69) is 9.97 Å². The van der Waals surface area contributed by atoms with Crippen molar-refractivity contribution in [3.05, 3.63) is 47.7 Å². The predicted octanol–water partition coefficient (Wildman–Crippen LogP) is 2.47. The first-order valence-corrected chi connectivity index (χ1v) is 10.4. The number of carbonyl (C=O) groups excluding carboxylic acids is 1. The highest BCUT2D eigenvalue weighted by atomic mass is 32.2. The molecule has 1 unspecified atom stereocenters. The number of sulfone groups is 1. The van der Waals surface area contributed by atoms with Gasteiger partial charge in [0.15, 0.2) is 0 Å². The Kier molecular flexibility index (Phi) is 6.06. The normalized spacial score (nSPS) is 17.0. The van der Waals surface area contributed by atoms with Crippen LogP contribution in [0.3, 0.4) is 0 Å². The lowest BCUT2D eigenvalue weighted by atomic mass is 10.2. The fraction of sp³-hybridized carbons (Fsp3) is 0.389. The molecule has 1 aromatic heterocycles. The van der Waals surface area contributed by atoms with Gasteiger partial charge in [-0.25, -0.2) is 13.4 Å². The van der Waals surface area contributed by atoms with Crippen molar-refractivity contribution in [1.29, 1.82) is 0 Å². The molecule has 0 N–H and O–H groups in total. The maximum absolute atomic E-state index is 14.2. The van der Waals surface area contributed by atoms with Crippen LogP contribution in [0.25, 0.3) is 0 Å². The Morgan fingerprint density at radius 2 is 2.03 bits per heavy atom. The van der Waals surface area contributed by atoms with Gasteiger partial charge in [0.1, 0.15) is 12.4 Å². The molecule has 0 aliphatic carbocycles. The Balaban J connectivity index is 1.77. The number of rotatable bonds is 6. The van der Waals surface area contributed by atoms with E-state index in [1.165, 1.54) is 29.4 Å². The minimum Gasteiger partial charge on any atom is -0.470 e. The van der Waals surface area contributed by atoms with Gasteiger partial charge in [-0.15, -0.1) is 0 Å². The maximum Gasteiger partial charge on any atom is 0.341 e. The molecule has 2 aromatic rings. The fourth-order valence-electron chi connectivity index (χ4n) is 3.04. The average Bonchev–Trinajstić information content (AvgIpc) is 3.17.